The van der Waals surface area contributed by atoms with Crippen LogP contribution in [0.4, 0.5) is 43.4 Å². The molecular formula is C40H39BrF2N10O2. The highest BCUT2D eigenvalue weighted by Gasteiger charge is 2.11. The topological polar surface area (TPSA) is 140 Å². The van der Waals surface area contributed by atoms with Crippen molar-refractivity contribution in [2.24, 2.45) is 0 Å². The number of hydrogen-bond acceptors (Lipinski definition) is 10. The quantitative estimate of drug-likeness (QED) is 0.101. The van der Waals surface area contributed by atoms with E-state index in [1.165, 1.54) is 32.2 Å². The third-order valence-electron chi connectivity index (χ3n) is 7.54. The molecule has 0 aliphatic carbocycles. The molecule has 2 amide bonds. The van der Waals surface area contributed by atoms with E-state index in [1.54, 1.807) is 30.5 Å². The minimum atomic E-state index is -0.504. The molecular weight excluding hydrogens is 770 g/mol. The molecule has 2 heterocycles. The first-order chi connectivity index (χ1) is 26.1. The van der Waals surface area contributed by atoms with E-state index < -0.39 is 11.6 Å². The summed E-state index contributed by atoms with van der Waals surface area (Å²) >= 11 is 3.26. The Balaban J connectivity index is 0.000000211. The van der Waals surface area contributed by atoms with Crippen molar-refractivity contribution in [1.29, 1.82) is 0 Å². The van der Waals surface area contributed by atoms with E-state index in [1.807, 2.05) is 62.3 Å². The second kappa shape index (κ2) is 17.8. The van der Waals surface area contributed by atoms with E-state index in [4.69, 9.17) is 6.42 Å². The summed E-state index contributed by atoms with van der Waals surface area (Å²) < 4.78 is 29.1. The number of aromatic nitrogens is 4. The first-order valence-corrected chi connectivity index (χ1v) is 17.6. The minimum absolute atomic E-state index is 0.155. The van der Waals surface area contributed by atoms with E-state index in [2.05, 4.69) is 63.1 Å². The summed E-state index contributed by atoms with van der Waals surface area (Å²) in [6, 6.07) is 17.3. The molecule has 0 atom stereocenters. The van der Waals surface area contributed by atoms with Gasteiger partial charge >= 0.3 is 0 Å². The highest BCUT2D eigenvalue weighted by Crippen LogP contribution is 2.27. The first kappa shape index (κ1) is 40.1. The van der Waals surface area contributed by atoms with Gasteiger partial charge in [0.2, 0.25) is 23.7 Å². The van der Waals surface area contributed by atoms with Crippen molar-refractivity contribution >= 4 is 84.2 Å². The summed E-state index contributed by atoms with van der Waals surface area (Å²) in [4.78, 5) is 43.9. The Morgan fingerprint density at radius 2 is 1.11 bits per heavy atom. The largest absolute Gasteiger partial charge is 0.326 e. The highest BCUT2D eigenvalue weighted by molar-refractivity contribution is 9.10. The van der Waals surface area contributed by atoms with Crippen LogP contribution in [0.1, 0.15) is 30.5 Å². The van der Waals surface area contributed by atoms with Gasteiger partial charge in [-0.1, -0.05) is 21.9 Å². The molecule has 0 unspecified atom stereocenters. The summed E-state index contributed by atoms with van der Waals surface area (Å²) in [5.41, 5.74) is 5.56. The minimum Gasteiger partial charge on any atom is -0.326 e. The molecule has 0 fully saturated rings. The maximum atomic E-state index is 14.3. The van der Waals surface area contributed by atoms with Crippen molar-refractivity contribution in [2.45, 2.75) is 26.9 Å². The Morgan fingerprint density at radius 3 is 1.55 bits per heavy atom. The molecule has 0 saturated carbocycles. The Kier molecular flexibility index (Phi) is 13.0. The number of amides is 2. The monoisotopic (exact) mass is 808 g/mol. The Morgan fingerprint density at radius 1 is 0.673 bits per heavy atom. The molecule has 0 spiro atoms. The molecule has 4 N–H and O–H groups in total. The fourth-order valence-electron chi connectivity index (χ4n) is 5.62. The van der Waals surface area contributed by atoms with Crippen LogP contribution in [-0.2, 0) is 22.7 Å². The van der Waals surface area contributed by atoms with Gasteiger partial charge < -0.3 is 31.1 Å². The lowest BCUT2D eigenvalue weighted by molar-refractivity contribution is -0.115. The zero-order valence-electron chi connectivity index (χ0n) is 31.1. The third-order valence-corrected chi connectivity index (χ3v) is 8.00. The highest BCUT2D eigenvalue weighted by atomic mass is 79.9. The van der Waals surface area contributed by atoms with Crippen molar-refractivity contribution in [3.8, 4) is 12.3 Å². The van der Waals surface area contributed by atoms with Gasteiger partial charge in [0.15, 0.2) is 11.6 Å². The summed E-state index contributed by atoms with van der Waals surface area (Å²) in [5, 5.41) is 12.9. The first-order valence-electron chi connectivity index (χ1n) is 16.9. The van der Waals surface area contributed by atoms with Gasteiger partial charge in [0.25, 0.3) is 0 Å². The Bertz CT molecular complexity index is 2440. The number of hydrogen-bond donors (Lipinski definition) is 4. The lowest BCUT2D eigenvalue weighted by Crippen LogP contribution is -2.12. The molecule has 282 valence electrons. The standard InChI is InChI=1S/C21H20FN5O.C19H19BrFN5O/c1-5-14-6-16-11-23-21(26-20(16)19(22)9-14)25-18-8-15(12-27(3)4)7-17(10-18)24-13(2)28;1-11(27)23-15-4-12(10-26(2)3)5-16(8-15)24-19-22-9-13-6-14(20)7-17(21)18(13)25-19/h1,6-11H,12H2,2-4H3,(H,24,28)(H,23,25,26);4-9H,10H2,1-3H3,(H,23,27)(H,22,24,25). The second-order valence-corrected chi connectivity index (χ2v) is 14.1. The lowest BCUT2D eigenvalue weighted by atomic mass is 10.1. The van der Waals surface area contributed by atoms with E-state index in [0.29, 0.717) is 56.6 Å². The third kappa shape index (κ3) is 11.5. The normalized spacial score (nSPS) is 10.9. The van der Waals surface area contributed by atoms with Crippen LogP contribution < -0.4 is 21.3 Å². The molecule has 0 aliphatic rings. The number of anilines is 6. The number of nitrogens with zero attached hydrogens (tertiary/aromatic N) is 6. The number of halogens is 3. The van der Waals surface area contributed by atoms with Crippen LogP contribution in [0, 0.1) is 24.0 Å². The number of rotatable bonds is 10. The summed E-state index contributed by atoms with van der Waals surface area (Å²) in [5.74, 6) is 1.68. The molecule has 0 saturated heterocycles. The van der Waals surface area contributed by atoms with Gasteiger partial charge in [-0.25, -0.2) is 28.7 Å². The molecule has 0 bridgehead atoms. The molecule has 4 aromatic carbocycles. The van der Waals surface area contributed by atoms with Crippen molar-refractivity contribution in [3.05, 3.63) is 106 Å². The van der Waals surface area contributed by atoms with Gasteiger partial charge in [-0.2, -0.15) is 0 Å². The van der Waals surface area contributed by atoms with Crippen molar-refractivity contribution in [3.63, 3.8) is 0 Å². The van der Waals surface area contributed by atoms with Gasteiger partial charge in [-0.15, -0.1) is 6.42 Å². The number of carbonyl (C=O) groups is 2. The van der Waals surface area contributed by atoms with Crippen LogP contribution >= 0.6 is 15.9 Å². The van der Waals surface area contributed by atoms with Crippen LogP contribution in [0.2, 0.25) is 0 Å². The number of carbonyl (C=O) groups excluding carboxylic acids is 2. The van der Waals surface area contributed by atoms with Crippen LogP contribution in [-0.4, -0.2) is 69.7 Å². The molecule has 55 heavy (non-hydrogen) atoms. The van der Waals surface area contributed by atoms with Crippen molar-refractivity contribution < 1.29 is 18.4 Å². The molecule has 2 aromatic heterocycles. The average molecular weight is 810 g/mol. The maximum Gasteiger partial charge on any atom is 0.227 e. The fourth-order valence-corrected chi connectivity index (χ4v) is 6.07. The van der Waals surface area contributed by atoms with Gasteiger partial charge in [-0.05, 0) is 100.0 Å². The Labute approximate surface area is 325 Å². The van der Waals surface area contributed by atoms with Gasteiger partial charge in [0.05, 0.1) is 0 Å². The van der Waals surface area contributed by atoms with Crippen LogP contribution in [0.5, 0.6) is 0 Å². The lowest BCUT2D eigenvalue weighted by Gasteiger charge is -2.14. The van der Waals surface area contributed by atoms with Crippen molar-refractivity contribution in [2.75, 3.05) is 49.5 Å². The number of terminal acetylenes is 1. The van der Waals surface area contributed by atoms with E-state index in [9.17, 15) is 18.4 Å². The zero-order valence-corrected chi connectivity index (χ0v) is 32.6. The number of benzene rings is 4. The molecule has 0 aliphatic heterocycles. The van der Waals surface area contributed by atoms with Crippen molar-refractivity contribution in [1.82, 2.24) is 29.7 Å². The molecule has 15 heteroatoms. The summed E-state index contributed by atoms with van der Waals surface area (Å²) in [6.07, 6.45) is 8.42. The number of nitrogens with one attached hydrogen (secondary N) is 4. The van der Waals surface area contributed by atoms with Crippen LogP contribution in [0.25, 0.3) is 21.8 Å². The molecule has 6 aromatic rings. The SMILES string of the molecule is C#Cc1cc(F)c2nc(Nc3cc(CN(C)C)cc(NC(C)=O)c3)ncc2c1.CC(=O)Nc1cc(CN(C)C)cc(Nc2ncc3cc(Br)cc(F)c3n2)c1. The van der Waals surface area contributed by atoms with E-state index in [-0.39, 0.29) is 34.7 Å². The van der Waals surface area contributed by atoms with Gasteiger partial charge in [0, 0.05) is 82.9 Å². The smallest absolute Gasteiger partial charge is 0.227 e. The van der Waals surface area contributed by atoms with Crippen LogP contribution in [0.3, 0.4) is 0 Å². The van der Waals surface area contributed by atoms with Gasteiger partial charge in [0.1, 0.15) is 11.0 Å². The molecule has 12 nitrogen and oxygen atoms in total. The molecule has 6 rings (SSSR count). The maximum absolute atomic E-state index is 14.3. The van der Waals surface area contributed by atoms with Gasteiger partial charge in [-0.3, -0.25) is 9.59 Å². The molecule has 0 radical (unpaired) electrons. The predicted octanol–water partition coefficient (Wildman–Crippen LogP) is 7.81. The Hall–Kier alpha value is -6.08. The van der Waals surface area contributed by atoms with E-state index >= 15 is 0 Å². The average Bonchev–Trinajstić information content (AvgIpc) is 3.07. The zero-order chi connectivity index (χ0) is 39.8. The predicted molar refractivity (Wildman–Crippen MR) is 217 cm³/mol. The number of fused-ring (bicyclic) bond motifs is 2. The fraction of sp³-hybridized carbons (Fsp3) is 0.200. The van der Waals surface area contributed by atoms with Crippen LogP contribution in [0.15, 0.2) is 77.5 Å². The summed E-state index contributed by atoms with van der Waals surface area (Å²) in [7, 11) is 7.84. The van der Waals surface area contributed by atoms with E-state index in [0.717, 1.165) is 11.1 Å². The second-order valence-electron chi connectivity index (χ2n) is 13.2. The summed E-state index contributed by atoms with van der Waals surface area (Å²) in [6.45, 7) is 4.29.